The Balaban J connectivity index is 0.00000133. The Kier molecular flexibility index (Phi) is 4.13. The lowest BCUT2D eigenvalue weighted by molar-refractivity contribution is 0.0944. The van der Waals surface area contributed by atoms with Crippen LogP contribution in [0.5, 0.6) is 0 Å². The number of nitrogens with zero attached hydrogens (tertiary/aromatic N) is 2. The molecule has 1 atom stereocenters. The van der Waals surface area contributed by atoms with Crippen molar-refractivity contribution in [2.75, 3.05) is 13.1 Å². The van der Waals surface area contributed by atoms with Gasteiger partial charge in [0.25, 0.3) is 5.91 Å². The van der Waals surface area contributed by atoms with E-state index in [1.807, 2.05) is 24.7 Å². The van der Waals surface area contributed by atoms with Crippen LogP contribution in [-0.2, 0) is 7.05 Å². The normalized spacial score (nSPS) is 18.5. The maximum absolute atomic E-state index is 12.1. The van der Waals surface area contributed by atoms with Gasteiger partial charge in [0, 0.05) is 25.0 Å². The van der Waals surface area contributed by atoms with Crippen molar-refractivity contribution >= 4 is 39.9 Å². The Bertz CT molecular complexity index is 566. The molecular formula is C12H17ClN4OS. The van der Waals surface area contributed by atoms with Gasteiger partial charge in [0.2, 0.25) is 0 Å². The van der Waals surface area contributed by atoms with E-state index in [1.54, 1.807) is 0 Å². The van der Waals surface area contributed by atoms with Crippen molar-refractivity contribution in [1.29, 1.82) is 0 Å². The second-order valence-corrected chi connectivity index (χ2v) is 5.73. The van der Waals surface area contributed by atoms with E-state index in [4.69, 9.17) is 0 Å². The summed E-state index contributed by atoms with van der Waals surface area (Å²) in [5.41, 5.74) is 0.977. The van der Waals surface area contributed by atoms with E-state index in [0.29, 0.717) is 0 Å². The average molecular weight is 301 g/mol. The zero-order valence-electron chi connectivity index (χ0n) is 10.9. The Morgan fingerprint density at radius 3 is 3.05 bits per heavy atom. The molecule has 1 fully saturated rings. The maximum Gasteiger partial charge on any atom is 0.261 e. The van der Waals surface area contributed by atoms with Gasteiger partial charge in [-0.25, -0.2) is 0 Å². The molecule has 1 amide bonds. The van der Waals surface area contributed by atoms with Crippen molar-refractivity contribution in [3.8, 4) is 0 Å². The standard InChI is InChI=1S/C12H16N4OS.ClH/c1-7-9-5-10(18-12(9)16(2)15-7)11(17)14-8-3-4-13-6-8;/h5,8,13H,3-4,6H2,1-2H3,(H,14,17);1H. The summed E-state index contributed by atoms with van der Waals surface area (Å²) in [4.78, 5) is 14.0. The van der Waals surface area contributed by atoms with E-state index in [-0.39, 0.29) is 24.4 Å². The Labute approximate surface area is 121 Å². The van der Waals surface area contributed by atoms with Crippen molar-refractivity contribution in [2.45, 2.75) is 19.4 Å². The number of amides is 1. The van der Waals surface area contributed by atoms with E-state index in [2.05, 4.69) is 15.7 Å². The van der Waals surface area contributed by atoms with Crippen LogP contribution in [0.1, 0.15) is 21.8 Å². The summed E-state index contributed by atoms with van der Waals surface area (Å²) in [6.07, 6.45) is 1.01. The van der Waals surface area contributed by atoms with Gasteiger partial charge in [-0.05, 0) is 26.0 Å². The third-order valence-electron chi connectivity index (χ3n) is 3.32. The fourth-order valence-electron chi connectivity index (χ4n) is 2.35. The molecule has 0 bridgehead atoms. The molecule has 2 N–H and O–H groups in total. The summed E-state index contributed by atoms with van der Waals surface area (Å²) in [6, 6.07) is 2.21. The quantitative estimate of drug-likeness (QED) is 0.883. The molecule has 2 aromatic heterocycles. The summed E-state index contributed by atoms with van der Waals surface area (Å²) >= 11 is 1.50. The molecule has 3 heterocycles. The third-order valence-corrected chi connectivity index (χ3v) is 4.52. The fourth-order valence-corrected chi connectivity index (χ4v) is 3.38. The van der Waals surface area contributed by atoms with Crippen LogP contribution in [-0.4, -0.2) is 34.8 Å². The Hall–Kier alpha value is -1.11. The lowest BCUT2D eigenvalue weighted by Crippen LogP contribution is -2.35. The first-order chi connectivity index (χ1) is 8.65. The zero-order valence-corrected chi connectivity index (χ0v) is 12.5. The predicted octanol–water partition coefficient (Wildman–Crippen LogP) is 1.46. The van der Waals surface area contributed by atoms with Crippen LogP contribution >= 0.6 is 23.7 Å². The summed E-state index contributed by atoms with van der Waals surface area (Å²) in [5.74, 6) is 0.0318. The van der Waals surface area contributed by atoms with Crippen molar-refractivity contribution in [3.05, 3.63) is 16.6 Å². The molecule has 5 nitrogen and oxygen atoms in total. The van der Waals surface area contributed by atoms with Crippen LogP contribution in [0, 0.1) is 6.92 Å². The monoisotopic (exact) mass is 300 g/mol. The molecule has 7 heteroatoms. The smallest absolute Gasteiger partial charge is 0.261 e. The van der Waals surface area contributed by atoms with Gasteiger partial charge >= 0.3 is 0 Å². The first-order valence-electron chi connectivity index (χ1n) is 6.10. The number of halogens is 1. The molecule has 1 unspecified atom stereocenters. The number of thiophene rings is 1. The van der Waals surface area contributed by atoms with Gasteiger partial charge in [-0.2, -0.15) is 5.10 Å². The minimum absolute atomic E-state index is 0. The van der Waals surface area contributed by atoms with Gasteiger partial charge < -0.3 is 10.6 Å². The molecule has 3 rings (SSSR count). The molecule has 1 aliphatic heterocycles. The van der Waals surface area contributed by atoms with E-state index >= 15 is 0 Å². The number of aromatic nitrogens is 2. The molecule has 0 saturated carbocycles. The largest absolute Gasteiger partial charge is 0.347 e. The molecule has 1 saturated heterocycles. The van der Waals surface area contributed by atoms with Gasteiger partial charge in [-0.3, -0.25) is 9.48 Å². The van der Waals surface area contributed by atoms with Gasteiger partial charge in [-0.15, -0.1) is 23.7 Å². The van der Waals surface area contributed by atoms with E-state index < -0.39 is 0 Å². The minimum Gasteiger partial charge on any atom is -0.347 e. The summed E-state index contributed by atoms with van der Waals surface area (Å²) < 4.78 is 1.84. The van der Waals surface area contributed by atoms with Gasteiger partial charge in [0.1, 0.15) is 4.83 Å². The summed E-state index contributed by atoms with van der Waals surface area (Å²) in [6.45, 7) is 3.83. The van der Waals surface area contributed by atoms with Crippen LogP contribution in [0.3, 0.4) is 0 Å². The first kappa shape index (κ1) is 14.3. The van der Waals surface area contributed by atoms with Gasteiger partial charge in [0.05, 0.1) is 10.6 Å². The number of carbonyl (C=O) groups excluding carboxylic acids is 1. The number of hydrogen-bond donors (Lipinski definition) is 2. The fraction of sp³-hybridized carbons (Fsp3) is 0.500. The van der Waals surface area contributed by atoms with Crippen LogP contribution in [0.4, 0.5) is 0 Å². The van der Waals surface area contributed by atoms with E-state index in [0.717, 1.165) is 40.3 Å². The second kappa shape index (κ2) is 5.48. The highest BCUT2D eigenvalue weighted by Crippen LogP contribution is 2.27. The number of aryl methyl sites for hydroxylation is 2. The molecule has 1 aliphatic rings. The molecule has 0 radical (unpaired) electrons. The zero-order chi connectivity index (χ0) is 12.7. The molecule has 2 aromatic rings. The van der Waals surface area contributed by atoms with Gasteiger partial charge in [0.15, 0.2) is 0 Å². The summed E-state index contributed by atoms with van der Waals surface area (Å²) in [5, 5.41) is 11.7. The van der Waals surface area contributed by atoms with E-state index in [9.17, 15) is 4.79 Å². The van der Waals surface area contributed by atoms with Gasteiger partial charge in [-0.1, -0.05) is 0 Å². The van der Waals surface area contributed by atoms with Crippen LogP contribution < -0.4 is 10.6 Å². The predicted molar refractivity (Wildman–Crippen MR) is 79.3 cm³/mol. The number of carbonyl (C=O) groups is 1. The Morgan fingerprint density at radius 1 is 1.63 bits per heavy atom. The summed E-state index contributed by atoms with van der Waals surface area (Å²) in [7, 11) is 1.91. The third kappa shape index (κ3) is 2.61. The topological polar surface area (TPSA) is 59.0 Å². The molecule has 19 heavy (non-hydrogen) atoms. The number of rotatable bonds is 2. The van der Waals surface area contributed by atoms with E-state index in [1.165, 1.54) is 11.3 Å². The molecular weight excluding hydrogens is 284 g/mol. The molecule has 0 aromatic carbocycles. The molecule has 104 valence electrons. The SMILES string of the molecule is Cc1nn(C)c2sc(C(=O)NC3CCNC3)cc12.Cl. The average Bonchev–Trinajstić information content (AvgIpc) is 3.00. The lowest BCUT2D eigenvalue weighted by Gasteiger charge is -2.09. The van der Waals surface area contributed by atoms with Crippen molar-refractivity contribution in [2.24, 2.45) is 7.05 Å². The first-order valence-corrected chi connectivity index (χ1v) is 6.91. The van der Waals surface area contributed by atoms with Crippen LogP contribution in [0.25, 0.3) is 10.2 Å². The highest BCUT2D eigenvalue weighted by atomic mass is 35.5. The highest BCUT2D eigenvalue weighted by Gasteiger charge is 2.20. The Morgan fingerprint density at radius 2 is 2.42 bits per heavy atom. The number of hydrogen-bond acceptors (Lipinski definition) is 4. The maximum atomic E-state index is 12.1. The number of nitrogens with one attached hydrogen (secondary N) is 2. The lowest BCUT2D eigenvalue weighted by atomic mass is 10.2. The second-order valence-electron chi connectivity index (χ2n) is 4.70. The van der Waals surface area contributed by atoms with Crippen LogP contribution in [0.15, 0.2) is 6.07 Å². The van der Waals surface area contributed by atoms with Crippen molar-refractivity contribution < 1.29 is 4.79 Å². The molecule has 0 aliphatic carbocycles. The van der Waals surface area contributed by atoms with Crippen molar-refractivity contribution in [3.63, 3.8) is 0 Å². The number of fused-ring (bicyclic) bond motifs is 1. The van der Waals surface area contributed by atoms with Crippen molar-refractivity contribution in [1.82, 2.24) is 20.4 Å². The highest BCUT2D eigenvalue weighted by molar-refractivity contribution is 7.20. The minimum atomic E-state index is 0. The molecule has 0 spiro atoms. The van der Waals surface area contributed by atoms with Crippen LogP contribution in [0.2, 0.25) is 0 Å².